The zero-order valence-corrected chi connectivity index (χ0v) is 11.4. The van der Waals surface area contributed by atoms with Crippen LogP contribution in [0.1, 0.15) is 11.7 Å². The Labute approximate surface area is 109 Å². The van der Waals surface area contributed by atoms with Crippen LogP contribution in [0, 0.1) is 0 Å². The summed E-state index contributed by atoms with van der Waals surface area (Å²) in [4.78, 5) is 0. The molecule has 7 heteroatoms. The summed E-state index contributed by atoms with van der Waals surface area (Å²) in [5.41, 5.74) is 0.453. The first kappa shape index (κ1) is 14.1. The molecule has 0 aliphatic rings. The van der Waals surface area contributed by atoms with Gasteiger partial charge in [0.25, 0.3) is 10.1 Å². The van der Waals surface area contributed by atoms with E-state index in [4.69, 9.17) is 39.0 Å². The molecule has 0 amide bonds. The van der Waals surface area contributed by atoms with E-state index < -0.39 is 16.2 Å². The van der Waals surface area contributed by atoms with Crippen LogP contribution >= 0.6 is 34.8 Å². The van der Waals surface area contributed by atoms with Crippen molar-refractivity contribution in [3.63, 3.8) is 0 Å². The number of rotatable bonds is 4. The van der Waals surface area contributed by atoms with Gasteiger partial charge in [0.2, 0.25) is 0 Å². The Balaban J connectivity index is 3.08. The monoisotopic (exact) mass is 302 g/mol. The average Bonchev–Trinajstić information content (AvgIpc) is 2.17. The molecule has 0 aliphatic heterocycles. The molecule has 0 heterocycles. The Morgan fingerprint density at radius 2 is 2.00 bits per heavy atom. The third-order valence-corrected chi connectivity index (χ3v) is 3.18. The third-order valence-electron chi connectivity index (χ3n) is 1.74. The van der Waals surface area contributed by atoms with Gasteiger partial charge in [-0.05, 0) is 18.2 Å². The minimum Gasteiger partial charge on any atom is -0.261 e. The third kappa shape index (κ3) is 4.11. The van der Waals surface area contributed by atoms with Gasteiger partial charge in [0.15, 0.2) is 0 Å². The molecule has 90 valence electrons. The molecule has 0 spiro atoms. The molecule has 16 heavy (non-hydrogen) atoms. The summed E-state index contributed by atoms with van der Waals surface area (Å²) in [6, 6.07) is 4.69. The number of halogens is 3. The van der Waals surface area contributed by atoms with Crippen molar-refractivity contribution >= 4 is 44.9 Å². The predicted octanol–water partition coefficient (Wildman–Crippen LogP) is 3.25. The highest BCUT2D eigenvalue weighted by molar-refractivity contribution is 7.86. The van der Waals surface area contributed by atoms with E-state index in [1.165, 1.54) is 6.07 Å². The molecule has 0 saturated carbocycles. The Bertz CT molecular complexity index is 473. The molecule has 1 unspecified atom stereocenters. The Morgan fingerprint density at radius 3 is 2.50 bits per heavy atom. The molecule has 1 aromatic rings. The number of hydrogen-bond donors (Lipinski definition) is 0. The summed E-state index contributed by atoms with van der Waals surface area (Å²) in [6.45, 7) is 0. The second-order valence-electron chi connectivity index (χ2n) is 3.11. The van der Waals surface area contributed by atoms with Crippen molar-refractivity contribution in [2.75, 3.05) is 12.1 Å². The highest BCUT2D eigenvalue weighted by Gasteiger charge is 2.19. The molecule has 1 rings (SSSR count). The topological polar surface area (TPSA) is 43.4 Å². The summed E-state index contributed by atoms with van der Waals surface area (Å²) >= 11 is 17.3. The molecule has 0 bridgehead atoms. The molecule has 1 aromatic carbocycles. The largest absolute Gasteiger partial charge is 0.265 e. The summed E-state index contributed by atoms with van der Waals surface area (Å²) in [7, 11) is -3.60. The van der Waals surface area contributed by atoms with Gasteiger partial charge in [-0.3, -0.25) is 4.18 Å². The first-order valence-corrected chi connectivity index (χ1v) is 7.33. The van der Waals surface area contributed by atoms with Crippen LogP contribution in [-0.4, -0.2) is 20.6 Å². The van der Waals surface area contributed by atoms with Gasteiger partial charge < -0.3 is 0 Å². The maximum atomic E-state index is 11.0. The fraction of sp³-hybridized carbons (Fsp3) is 0.333. The second-order valence-corrected chi connectivity index (χ2v) is 5.86. The molecule has 0 aromatic heterocycles. The van der Waals surface area contributed by atoms with Gasteiger partial charge in [0.05, 0.1) is 12.1 Å². The lowest BCUT2D eigenvalue weighted by molar-refractivity contribution is 0.240. The fourth-order valence-electron chi connectivity index (χ4n) is 1.13. The van der Waals surface area contributed by atoms with E-state index in [1.807, 2.05) is 0 Å². The van der Waals surface area contributed by atoms with Gasteiger partial charge in [0, 0.05) is 15.6 Å². The molecule has 3 nitrogen and oxygen atoms in total. The van der Waals surface area contributed by atoms with Crippen LogP contribution in [0.3, 0.4) is 0 Å². The van der Waals surface area contributed by atoms with Crippen LogP contribution in [0.15, 0.2) is 18.2 Å². The maximum absolute atomic E-state index is 11.0. The number of hydrogen-bond acceptors (Lipinski definition) is 3. The standard InChI is InChI=1S/C9H9Cl3O3S/c1-16(13,14)15-9(5-10)7-4-6(11)2-3-8(7)12/h2-4,9H,5H2,1H3. The molecule has 0 saturated heterocycles. The van der Waals surface area contributed by atoms with Gasteiger partial charge in [-0.2, -0.15) is 8.42 Å². The van der Waals surface area contributed by atoms with Crippen LogP contribution < -0.4 is 0 Å². The smallest absolute Gasteiger partial charge is 0.261 e. The van der Waals surface area contributed by atoms with E-state index in [0.717, 1.165) is 6.26 Å². The van der Waals surface area contributed by atoms with Crippen LogP contribution in [0.2, 0.25) is 10.0 Å². The van der Waals surface area contributed by atoms with Crippen molar-refractivity contribution < 1.29 is 12.6 Å². The molecule has 0 radical (unpaired) electrons. The van der Waals surface area contributed by atoms with Crippen LogP contribution in [0.25, 0.3) is 0 Å². The van der Waals surface area contributed by atoms with Gasteiger partial charge in [-0.25, -0.2) is 0 Å². The molecule has 0 aliphatic carbocycles. The van der Waals surface area contributed by atoms with Crippen LogP contribution in [0.5, 0.6) is 0 Å². The normalized spacial score (nSPS) is 13.8. The summed E-state index contributed by atoms with van der Waals surface area (Å²) in [6.07, 6.45) is 0.119. The van der Waals surface area contributed by atoms with Gasteiger partial charge in [-0.1, -0.05) is 23.2 Å². The minimum absolute atomic E-state index is 0.0346. The first-order valence-electron chi connectivity index (χ1n) is 4.22. The lowest BCUT2D eigenvalue weighted by Gasteiger charge is -2.15. The zero-order valence-electron chi connectivity index (χ0n) is 8.28. The van der Waals surface area contributed by atoms with Crippen molar-refractivity contribution in [2.24, 2.45) is 0 Å². The van der Waals surface area contributed by atoms with Crippen LogP contribution in [-0.2, 0) is 14.3 Å². The summed E-state index contributed by atoms with van der Waals surface area (Å²) < 4.78 is 26.8. The number of benzene rings is 1. The van der Waals surface area contributed by atoms with Crippen molar-refractivity contribution in [1.29, 1.82) is 0 Å². The van der Waals surface area contributed by atoms with Gasteiger partial charge in [0.1, 0.15) is 6.10 Å². The van der Waals surface area contributed by atoms with Crippen molar-refractivity contribution in [3.05, 3.63) is 33.8 Å². The quantitative estimate of drug-likeness (QED) is 0.633. The van der Waals surface area contributed by atoms with Crippen molar-refractivity contribution in [2.45, 2.75) is 6.10 Å². The van der Waals surface area contributed by atoms with Gasteiger partial charge in [-0.15, -0.1) is 11.6 Å². The molecule has 1 atom stereocenters. The van der Waals surface area contributed by atoms with E-state index >= 15 is 0 Å². The van der Waals surface area contributed by atoms with E-state index in [2.05, 4.69) is 0 Å². The number of alkyl halides is 1. The zero-order chi connectivity index (χ0) is 12.3. The highest BCUT2D eigenvalue weighted by Crippen LogP contribution is 2.30. The van der Waals surface area contributed by atoms with Crippen LogP contribution in [0.4, 0.5) is 0 Å². The molecular formula is C9H9Cl3O3S. The van der Waals surface area contributed by atoms with E-state index in [9.17, 15) is 8.42 Å². The molecule has 0 N–H and O–H groups in total. The SMILES string of the molecule is CS(=O)(=O)OC(CCl)c1cc(Cl)ccc1Cl. The van der Waals surface area contributed by atoms with E-state index in [-0.39, 0.29) is 5.88 Å². The molecule has 0 fully saturated rings. The first-order chi connectivity index (χ1) is 7.33. The lowest BCUT2D eigenvalue weighted by Crippen LogP contribution is -2.12. The minimum atomic E-state index is -3.60. The Hall–Kier alpha value is -0.000000000000000167. The summed E-state index contributed by atoms with van der Waals surface area (Å²) in [5.74, 6) is -0.0346. The van der Waals surface area contributed by atoms with E-state index in [0.29, 0.717) is 15.6 Å². The highest BCUT2D eigenvalue weighted by atomic mass is 35.5. The Morgan fingerprint density at radius 1 is 1.38 bits per heavy atom. The fourth-order valence-corrected chi connectivity index (χ4v) is 2.45. The van der Waals surface area contributed by atoms with E-state index in [1.54, 1.807) is 12.1 Å². The molecular weight excluding hydrogens is 295 g/mol. The lowest BCUT2D eigenvalue weighted by atomic mass is 10.1. The maximum Gasteiger partial charge on any atom is 0.265 e. The average molecular weight is 304 g/mol. The predicted molar refractivity (Wildman–Crippen MR) is 65.9 cm³/mol. The summed E-state index contributed by atoms with van der Waals surface area (Å²) in [5, 5.41) is 0.797. The van der Waals surface area contributed by atoms with Crippen molar-refractivity contribution in [1.82, 2.24) is 0 Å². The van der Waals surface area contributed by atoms with Crippen molar-refractivity contribution in [3.8, 4) is 0 Å². The van der Waals surface area contributed by atoms with Gasteiger partial charge >= 0.3 is 0 Å². The Kier molecular flexibility index (Phi) is 4.88. The second kappa shape index (κ2) is 5.56.